The first kappa shape index (κ1) is 21.5. The van der Waals surface area contributed by atoms with Crippen LogP contribution in [0.5, 0.6) is 0 Å². The Morgan fingerprint density at radius 1 is 0.914 bits per heavy atom. The fourth-order valence-corrected chi connectivity index (χ4v) is 4.79. The zero-order chi connectivity index (χ0) is 23.9. The Morgan fingerprint density at radius 3 is 2.60 bits per heavy atom. The van der Waals surface area contributed by atoms with E-state index < -0.39 is 0 Å². The molecular formula is C26H19IN6O2. The quantitative estimate of drug-likeness (QED) is 0.219. The van der Waals surface area contributed by atoms with Gasteiger partial charge in [-0.3, -0.25) is 14.5 Å². The molecule has 1 atom stereocenters. The third-order valence-electron chi connectivity index (χ3n) is 6.04. The van der Waals surface area contributed by atoms with Crippen molar-refractivity contribution in [3.05, 3.63) is 95.8 Å². The number of nitrogens with zero attached hydrogens (tertiary/aromatic N) is 3. The van der Waals surface area contributed by atoms with Gasteiger partial charge in [0.2, 0.25) is 5.91 Å². The molecule has 2 aliphatic rings. The number of rotatable bonds is 2. The van der Waals surface area contributed by atoms with Crippen LogP contribution in [-0.2, 0) is 4.79 Å². The molecular weight excluding hydrogens is 555 g/mol. The van der Waals surface area contributed by atoms with Gasteiger partial charge in [0, 0.05) is 17.4 Å². The largest absolute Gasteiger partial charge is 0.370 e. The van der Waals surface area contributed by atoms with Crippen molar-refractivity contribution >= 4 is 68.8 Å². The van der Waals surface area contributed by atoms with Gasteiger partial charge in [-0.05, 0) is 42.5 Å². The number of carbonyl (C=O) groups is 2. The molecule has 0 saturated heterocycles. The van der Waals surface area contributed by atoms with Crippen LogP contribution in [0.15, 0.2) is 79.0 Å². The summed E-state index contributed by atoms with van der Waals surface area (Å²) in [7, 11) is 0. The summed E-state index contributed by atoms with van der Waals surface area (Å²) in [6.07, 6.45) is 1.74. The summed E-state index contributed by atoms with van der Waals surface area (Å²) in [6, 6.07) is 22.2. The molecule has 1 unspecified atom stereocenters. The Labute approximate surface area is 214 Å². The molecule has 3 N–H and O–H groups in total. The van der Waals surface area contributed by atoms with Crippen molar-refractivity contribution in [3.8, 4) is 0 Å². The molecule has 2 amide bonds. The SMILES string of the molecule is O=C1Nc2ccc(C3Nc4cccnc4Nc4ccccc43)nc2N(C(=O)CI)c2ccccc21. The Bertz CT molecular complexity index is 1490. The zero-order valence-corrected chi connectivity index (χ0v) is 20.5. The molecule has 0 bridgehead atoms. The summed E-state index contributed by atoms with van der Waals surface area (Å²) in [6.45, 7) is 0. The third kappa shape index (κ3) is 3.68. The van der Waals surface area contributed by atoms with Crippen LogP contribution in [0.25, 0.3) is 0 Å². The van der Waals surface area contributed by atoms with Gasteiger partial charge >= 0.3 is 0 Å². The molecule has 4 aromatic rings. The Morgan fingerprint density at radius 2 is 1.71 bits per heavy atom. The second-order valence-electron chi connectivity index (χ2n) is 8.13. The average Bonchev–Trinajstić information content (AvgIpc) is 3.14. The molecule has 0 aliphatic carbocycles. The number of amides is 2. The molecule has 0 radical (unpaired) electrons. The van der Waals surface area contributed by atoms with Crippen LogP contribution < -0.4 is 20.9 Å². The van der Waals surface area contributed by atoms with E-state index in [0.29, 0.717) is 28.5 Å². The predicted octanol–water partition coefficient (Wildman–Crippen LogP) is 5.40. The van der Waals surface area contributed by atoms with Crippen molar-refractivity contribution in [1.29, 1.82) is 0 Å². The van der Waals surface area contributed by atoms with Crippen LogP contribution in [-0.4, -0.2) is 26.2 Å². The molecule has 9 heteroatoms. The molecule has 35 heavy (non-hydrogen) atoms. The predicted molar refractivity (Wildman–Crippen MR) is 144 cm³/mol. The van der Waals surface area contributed by atoms with E-state index in [4.69, 9.17) is 4.98 Å². The lowest BCUT2D eigenvalue weighted by atomic mass is 10.0. The average molecular weight is 574 g/mol. The van der Waals surface area contributed by atoms with Crippen LogP contribution in [0.4, 0.5) is 34.4 Å². The van der Waals surface area contributed by atoms with Crippen LogP contribution in [0.1, 0.15) is 27.7 Å². The molecule has 4 heterocycles. The standard InChI is InChI=1S/C26H19IN6O2/c27-14-22(34)33-21-10-4-2-7-16(21)26(35)32-20-12-11-18(31-25(20)33)23-15-6-1-3-8-17(15)30-24-19(29-23)9-5-13-28-24/h1-13,23,29H,14H2,(H,28,30)(H,32,35). The molecule has 2 aliphatic heterocycles. The Balaban J connectivity index is 1.54. The van der Waals surface area contributed by atoms with Gasteiger partial charge in [0.05, 0.1) is 38.8 Å². The summed E-state index contributed by atoms with van der Waals surface area (Å²) >= 11 is 2.04. The van der Waals surface area contributed by atoms with E-state index in [2.05, 4.69) is 20.9 Å². The summed E-state index contributed by atoms with van der Waals surface area (Å²) in [5.41, 5.74) is 4.86. The van der Waals surface area contributed by atoms with Crippen LogP contribution in [0, 0.1) is 0 Å². The number of alkyl halides is 1. The monoisotopic (exact) mass is 574 g/mol. The fourth-order valence-electron chi connectivity index (χ4n) is 4.45. The van der Waals surface area contributed by atoms with E-state index >= 15 is 0 Å². The first-order valence-electron chi connectivity index (χ1n) is 11.0. The fraction of sp³-hybridized carbons (Fsp3) is 0.0769. The minimum Gasteiger partial charge on any atom is -0.370 e. The number of carbonyl (C=O) groups excluding carboxylic acids is 2. The number of hydrogen-bond acceptors (Lipinski definition) is 6. The van der Waals surface area contributed by atoms with Crippen molar-refractivity contribution in [2.24, 2.45) is 0 Å². The van der Waals surface area contributed by atoms with Gasteiger partial charge in [0.15, 0.2) is 11.6 Å². The lowest BCUT2D eigenvalue weighted by molar-refractivity contribution is -0.115. The van der Waals surface area contributed by atoms with Gasteiger partial charge in [-0.2, -0.15) is 0 Å². The molecule has 0 saturated carbocycles. The first-order chi connectivity index (χ1) is 17.1. The number of benzene rings is 2. The van der Waals surface area contributed by atoms with Crippen molar-refractivity contribution in [3.63, 3.8) is 0 Å². The minimum atomic E-state index is -0.319. The smallest absolute Gasteiger partial charge is 0.257 e. The number of aromatic nitrogens is 2. The summed E-state index contributed by atoms with van der Waals surface area (Å²) in [5, 5.41) is 9.89. The number of para-hydroxylation sites is 2. The van der Waals surface area contributed by atoms with Crippen molar-refractivity contribution in [2.75, 3.05) is 25.3 Å². The van der Waals surface area contributed by atoms with Gasteiger partial charge in [-0.1, -0.05) is 52.9 Å². The van der Waals surface area contributed by atoms with Gasteiger partial charge in [0.25, 0.3) is 5.91 Å². The molecule has 0 spiro atoms. The number of hydrogen-bond donors (Lipinski definition) is 3. The van der Waals surface area contributed by atoms with Crippen LogP contribution in [0.2, 0.25) is 0 Å². The van der Waals surface area contributed by atoms with E-state index in [1.807, 2.05) is 77.2 Å². The zero-order valence-electron chi connectivity index (χ0n) is 18.3. The van der Waals surface area contributed by atoms with Gasteiger partial charge in [-0.25, -0.2) is 9.97 Å². The molecule has 2 aromatic heterocycles. The highest BCUT2D eigenvalue weighted by atomic mass is 127. The molecule has 2 aromatic carbocycles. The summed E-state index contributed by atoms with van der Waals surface area (Å²) in [5.74, 6) is 0.679. The Kier molecular flexibility index (Phi) is 5.33. The topological polar surface area (TPSA) is 99.2 Å². The van der Waals surface area contributed by atoms with Crippen molar-refractivity contribution < 1.29 is 9.59 Å². The highest BCUT2D eigenvalue weighted by Crippen LogP contribution is 2.41. The van der Waals surface area contributed by atoms with Crippen LogP contribution >= 0.6 is 22.6 Å². The van der Waals surface area contributed by atoms with E-state index in [-0.39, 0.29) is 22.3 Å². The lowest BCUT2D eigenvalue weighted by Gasteiger charge is -2.25. The number of halogens is 1. The lowest BCUT2D eigenvalue weighted by Crippen LogP contribution is -2.28. The molecule has 0 fully saturated rings. The van der Waals surface area contributed by atoms with E-state index in [0.717, 1.165) is 22.8 Å². The minimum absolute atomic E-state index is 0.161. The van der Waals surface area contributed by atoms with Gasteiger partial charge in [-0.15, -0.1) is 0 Å². The van der Waals surface area contributed by atoms with Crippen molar-refractivity contribution in [1.82, 2.24) is 9.97 Å². The highest BCUT2D eigenvalue weighted by molar-refractivity contribution is 14.1. The molecule has 172 valence electrons. The normalized spacial score (nSPS) is 15.6. The second kappa shape index (κ2) is 8.66. The Hall–Kier alpha value is -3.99. The highest BCUT2D eigenvalue weighted by Gasteiger charge is 2.32. The van der Waals surface area contributed by atoms with Crippen molar-refractivity contribution in [2.45, 2.75) is 6.04 Å². The van der Waals surface area contributed by atoms with Gasteiger partial charge < -0.3 is 16.0 Å². The van der Waals surface area contributed by atoms with E-state index in [1.165, 1.54) is 4.90 Å². The second-order valence-corrected chi connectivity index (χ2v) is 8.89. The maximum absolute atomic E-state index is 13.2. The van der Waals surface area contributed by atoms with E-state index in [9.17, 15) is 9.59 Å². The van der Waals surface area contributed by atoms with Crippen LogP contribution in [0.3, 0.4) is 0 Å². The van der Waals surface area contributed by atoms with Gasteiger partial charge in [0.1, 0.15) is 0 Å². The third-order valence-corrected chi connectivity index (χ3v) is 6.69. The molecule has 8 nitrogen and oxygen atoms in total. The number of fused-ring (bicyclic) bond motifs is 4. The maximum atomic E-state index is 13.2. The first-order valence-corrected chi connectivity index (χ1v) is 12.5. The number of anilines is 6. The van der Waals surface area contributed by atoms with E-state index in [1.54, 1.807) is 24.4 Å². The number of pyridine rings is 2. The maximum Gasteiger partial charge on any atom is 0.257 e. The number of nitrogens with one attached hydrogen (secondary N) is 3. The summed E-state index contributed by atoms with van der Waals surface area (Å²) in [4.78, 5) is 37.1. The summed E-state index contributed by atoms with van der Waals surface area (Å²) < 4.78 is 0.235. The molecule has 6 rings (SSSR count).